The second-order valence-corrected chi connectivity index (χ2v) is 5.30. The van der Waals surface area contributed by atoms with Crippen LogP contribution in [0.2, 0.25) is 5.02 Å². The predicted molar refractivity (Wildman–Crippen MR) is 77.9 cm³/mol. The van der Waals surface area contributed by atoms with E-state index in [0.717, 1.165) is 0 Å². The van der Waals surface area contributed by atoms with Crippen molar-refractivity contribution in [2.45, 2.75) is 31.9 Å². The lowest BCUT2D eigenvalue weighted by Gasteiger charge is -2.28. The second-order valence-electron chi connectivity index (χ2n) is 4.89. The van der Waals surface area contributed by atoms with E-state index in [0.29, 0.717) is 0 Å². The Morgan fingerprint density at radius 3 is 2.67 bits per heavy atom. The molecular formula is C13H17ClN2O5. The van der Waals surface area contributed by atoms with Gasteiger partial charge in [0.25, 0.3) is 5.69 Å². The fourth-order valence-corrected chi connectivity index (χ4v) is 2.05. The number of carboxylic acids is 1. The lowest BCUT2D eigenvalue weighted by Crippen LogP contribution is -2.50. The maximum atomic E-state index is 11.2. The number of ether oxygens (including phenoxy) is 1. The molecule has 0 spiro atoms. The SMILES string of the molecule is CNC(C)(CC(C)Oc1ccc([N+](=O)[O-])cc1Cl)C(=O)O. The first-order valence-corrected chi connectivity index (χ1v) is 6.60. The molecule has 0 aliphatic rings. The van der Waals surface area contributed by atoms with Crippen LogP contribution in [-0.4, -0.2) is 34.7 Å². The molecular weight excluding hydrogens is 300 g/mol. The molecule has 0 amide bonds. The quantitative estimate of drug-likeness (QED) is 0.592. The maximum Gasteiger partial charge on any atom is 0.323 e. The molecule has 0 heterocycles. The van der Waals surface area contributed by atoms with E-state index in [1.165, 1.54) is 18.2 Å². The van der Waals surface area contributed by atoms with Gasteiger partial charge in [-0.2, -0.15) is 0 Å². The Kier molecular flexibility index (Phi) is 5.51. The number of hydrogen-bond acceptors (Lipinski definition) is 5. The van der Waals surface area contributed by atoms with Gasteiger partial charge in [-0.3, -0.25) is 14.9 Å². The van der Waals surface area contributed by atoms with Crippen LogP contribution in [0.4, 0.5) is 5.69 Å². The van der Waals surface area contributed by atoms with Crippen LogP contribution < -0.4 is 10.1 Å². The molecule has 2 unspecified atom stereocenters. The Labute approximate surface area is 127 Å². The number of carboxylic acid groups (broad SMARTS) is 1. The fraction of sp³-hybridized carbons (Fsp3) is 0.462. The largest absolute Gasteiger partial charge is 0.489 e. The van der Waals surface area contributed by atoms with Crippen LogP contribution in [0.1, 0.15) is 20.3 Å². The topological polar surface area (TPSA) is 102 Å². The third kappa shape index (κ3) is 4.30. The molecule has 8 heteroatoms. The fourth-order valence-electron chi connectivity index (χ4n) is 1.83. The van der Waals surface area contributed by atoms with Crippen molar-refractivity contribution in [1.82, 2.24) is 5.32 Å². The Balaban J connectivity index is 2.82. The van der Waals surface area contributed by atoms with E-state index in [9.17, 15) is 20.0 Å². The van der Waals surface area contributed by atoms with Crippen molar-refractivity contribution < 1.29 is 19.6 Å². The number of nitro groups is 1. The van der Waals surface area contributed by atoms with Crippen LogP contribution >= 0.6 is 11.6 Å². The molecule has 7 nitrogen and oxygen atoms in total. The van der Waals surface area contributed by atoms with Crippen molar-refractivity contribution in [2.24, 2.45) is 0 Å². The van der Waals surface area contributed by atoms with Crippen LogP contribution in [0.3, 0.4) is 0 Å². The van der Waals surface area contributed by atoms with Crippen molar-refractivity contribution in [3.05, 3.63) is 33.3 Å². The van der Waals surface area contributed by atoms with Crippen LogP contribution in [0.15, 0.2) is 18.2 Å². The number of carbonyl (C=O) groups is 1. The highest BCUT2D eigenvalue weighted by Gasteiger charge is 2.33. The lowest BCUT2D eigenvalue weighted by molar-refractivity contribution is -0.384. The molecule has 0 saturated carbocycles. The molecule has 0 saturated heterocycles. The maximum absolute atomic E-state index is 11.2. The summed E-state index contributed by atoms with van der Waals surface area (Å²) in [6, 6.07) is 3.87. The van der Waals surface area contributed by atoms with E-state index in [1.807, 2.05) is 0 Å². The number of aliphatic carboxylic acids is 1. The Bertz CT molecular complexity index is 551. The average Bonchev–Trinajstić information content (AvgIpc) is 2.40. The molecule has 0 aliphatic heterocycles. The summed E-state index contributed by atoms with van der Waals surface area (Å²) in [5, 5.41) is 22.6. The standard InChI is InChI=1S/C13H17ClN2O5/c1-8(7-13(2,15-3)12(17)18)21-11-5-4-9(16(19)20)6-10(11)14/h4-6,8,15H,7H2,1-3H3,(H,17,18). The summed E-state index contributed by atoms with van der Waals surface area (Å²) in [6.45, 7) is 3.25. The van der Waals surface area contributed by atoms with E-state index in [4.69, 9.17) is 16.3 Å². The normalized spacial score (nSPS) is 15.0. The number of rotatable bonds is 7. The third-order valence-electron chi connectivity index (χ3n) is 3.17. The summed E-state index contributed by atoms with van der Waals surface area (Å²) < 4.78 is 5.57. The summed E-state index contributed by atoms with van der Waals surface area (Å²) in [4.78, 5) is 21.3. The van der Waals surface area contributed by atoms with E-state index < -0.39 is 22.5 Å². The van der Waals surface area contributed by atoms with Gasteiger partial charge in [0.1, 0.15) is 11.3 Å². The number of hydrogen-bond donors (Lipinski definition) is 2. The van der Waals surface area contributed by atoms with Gasteiger partial charge >= 0.3 is 5.97 Å². The van der Waals surface area contributed by atoms with Crippen molar-refractivity contribution in [1.29, 1.82) is 0 Å². The van der Waals surface area contributed by atoms with Crippen LogP contribution in [0, 0.1) is 10.1 Å². The highest BCUT2D eigenvalue weighted by atomic mass is 35.5. The van der Waals surface area contributed by atoms with E-state index in [2.05, 4.69) is 5.32 Å². The minimum atomic E-state index is -1.13. The monoisotopic (exact) mass is 316 g/mol. The van der Waals surface area contributed by atoms with E-state index in [-0.39, 0.29) is 22.9 Å². The minimum absolute atomic E-state index is 0.109. The molecule has 0 aliphatic carbocycles. The number of nitrogens with zero attached hydrogens (tertiary/aromatic N) is 1. The van der Waals surface area contributed by atoms with Gasteiger partial charge < -0.3 is 15.2 Å². The molecule has 0 bridgehead atoms. The van der Waals surface area contributed by atoms with Crippen molar-refractivity contribution >= 4 is 23.3 Å². The molecule has 1 aromatic carbocycles. The van der Waals surface area contributed by atoms with Gasteiger partial charge in [-0.25, -0.2) is 0 Å². The Morgan fingerprint density at radius 2 is 2.24 bits per heavy atom. The number of likely N-dealkylation sites (N-methyl/N-ethyl adjacent to an activating group) is 1. The zero-order chi connectivity index (χ0) is 16.2. The number of nitro benzene ring substituents is 1. The van der Waals surface area contributed by atoms with E-state index in [1.54, 1.807) is 20.9 Å². The summed E-state index contributed by atoms with van der Waals surface area (Å²) in [5.74, 6) is -0.714. The molecule has 2 N–H and O–H groups in total. The van der Waals surface area contributed by atoms with Gasteiger partial charge in [-0.15, -0.1) is 0 Å². The number of benzene rings is 1. The minimum Gasteiger partial charge on any atom is -0.489 e. The van der Waals surface area contributed by atoms with Gasteiger partial charge in [-0.1, -0.05) is 11.6 Å². The average molecular weight is 317 g/mol. The van der Waals surface area contributed by atoms with Gasteiger partial charge in [0, 0.05) is 18.6 Å². The van der Waals surface area contributed by atoms with Gasteiger partial charge in [-0.05, 0) is 27.0 Å². The summed E-state index contributed by atoms with van der Waals surface area (Å²) in [6.07, 6.45) is -0.246. The summed E-state index contributed by atoms with van der Waals surface area (Å²) in [5.41, 5.74) is -1.27. The zero-order valence-electron chi connectivity index (χ0n) is 11.9. The van der Waals surface area contributed by atoms with Crippen molar-refractivity contribution in [3.63, 3.8) is 0 Å². The lowest BCUT2D eigenvalue weighted by atomic mass is 9.95. The first-order chi connectivity index (χ1) is 9.69. The molecule has 0 radical (unpaired) electrons. The van der Waals surface area contributed by atoms with Gasteiger partial charge in [0.2, 0.25) is 0 Å². The Morgan fingerprint density at radius 1 is 1.62 bits per heavy atom. The highest BCUT2D eigenvalue weighted by Crippen LogP contribution is 2.30. The molecule has 21 heavy (non-hydrogen) atoms. The van der Waals surface area contributed by atoms with Crippen molar-refractivity contribution in [2.75, 3.05) is 7.05 Å². The van der Waals surface area contributed by atoms with Crippen molar-refractivity contribution in [3.8, 4) is 5.75 Å². The first-order valence-electron chi connectivity index (χ1n) is 6.22. The third-order valence-corrected chi connectivity index (χ3v) is 3.47. The van der Waals surface area contributed by atoms with Crippen LogP contribution in [-0.2, 0) is 4.79 Å². The molecule has 1 aromatic rings. The highest BCUT2D eigenvalue weighted by molar-refractivity contribution is 6.32. The molecule has 0 aromatic heterocycles. The smallest absolute Gasteiger partial charge is 0.323 e. The van der Waals surface area contributed by atoms with Gasteiger partial charge in [0.05, 0.1) is 16.0 Å². The van der Waals surface area contributed by atoms with Gasteiger partial charge in [0.15, 0.2) is 0 Å². The molecule has 0 fully saturated rings. The Hall–Kier alpha value is -1.86. The predicted octanol–water partition coefficient (Wildman–Crippen LogP) is 2.47. The van der Waals surface area contributed by atoms with Crippen LogP contribution in [0.25, 0.3) is 0 Å². The molecule has 1 rings (SSSR count). The van der Waals surface area contributed by atoms with Crippen LogP contribution in [0.5, 0.6) is 5.75 Å². The second kappa shape index (κ2) is 6.73. The zero-order valence-corrected chi connectivity index (χ0v) is 12.7. The van der Waals surface area contributed by atoms with E-state index >= 15 is 0 Å². The first kappa shape index (κ1) is 17.2. The number of nitrogens with one attached hydrogen (secondary N) is 1. The number of halogens is 1. The molecule has 116 valence electrons. The number of non-ortho nitro benzene ring substituents is 1. The molecule has 2 atom stereocenters. The summed E-state index contributed by atoms with van der Waals surface area (Å²) in [7, 11) is 1.56. The summed E-state index contributed by atoms with van der Waals surface area (Å²) >= 11 is 5.92.